The number of hydrogen-bond donors (Lipinski definition) is 0. The molecule has 3 aromatic heterocycles. The number of piperidine rings is 1. The number of aromatic nitrogens is 4. The molecule has 146 valence electrons. The van der Waals surface area contributed by atoms with E-state index in [1.54, 1.807) is 12.4 Å². The zero-order chi connectivity index (χ0) is 20.1. The van der Waals surface area contributed by atoms with Crippen LogP contribution in [0.1, 0.15) is 29.6 Å². The summed E-state index contributed by atoms with van der Waals surface area (Å²) in [7, 11) is 0. The molecule has 1 saturated heterocycles. The quantitative estimate of drug-likeness (QED) is 0.310. The lowest BCUT2D eigenvalue weighted by Gasteiger charge is -2.26. The molecular formula is C24H19N5O. The summed E-state index contributed by atoms with van der Waals surface area (Å²) in [6, 6.07) is 13.5. The first-order valence-corrected chi connectivity index (χ1v) is 10.3. The summed E-state index contributed by atoms with van der Waals surface area (Å²) in [4.78, 5) is 33.8. The van der Waals surface area contributed by atoms with E-state index in [4.69, 9.17) is 9.97 Å². The molecule has 0 atom stereocenters. The standard InChI is InChI=1S/C24H19N5O/c30-24(29-12-2-1-3-13-29)15-8-9-18-19(14-15)28-23-21-17(7-5-11-26-21)16-6-4-10-25-20(16)22(23)27-18/h4-11,14H,1-3,12-13H2. The average Bonchev–Trinajstić information content (AvgIpc) is 2.83. The van der Waals surface area contributed by atoms with Crippen LogP contribution in [-0.4, -0.2) is 43.8 Å². The minimum atomic E-state index is 0.0710. The largest absolute Gasteiger partial charge is 0.339 e. The molecule has 6 rings (SSSR count). The van der Waals surface area contributed by atoms with Crippen LogP contribution >= 0.6 is 0 Å². The van der Waals surface area contributed by atoms with E-state index < -0.39 is 0 Å². The predicted octanol–water partition coefficient (Wildman–Crippen LogP) is 4.51. The Morgan fingerprint density at radius 1 is 0.733 bits per heavy atom. The molecule has 6 heteroatoms. The predicted molar refractivity (Wildman–Crippen MR) is 117 cm³/mol. The minimum Gasteiger partial charge on any atom is -0.339 e. The van der Waals surface area contributed by atoms with Gasteiger partial charge in [-0.25, -0.2) is 9.97 Å². The van der Waals surface area contributed by atoms with Gasteiger partial charge in [0.25, 0.3) is 5.91 Å². The first kappa shape index (κ1) is 17.2. The smallest absolute Gasteiger partial charge is 0.253 e. The molecule has 2 aromatic carbocycles. The van der Waals surface area contributed by atoms with Crippen LogP contribution in [0.2, 0.25) is 0 Å². The maximum Gasteiger partial charge on any atom is 0.253 e. The monoisotopic (exact) mass is 393 g/mol. The Bertz CT molecular complexity index is 1460. The zero-order valence-electron chi connectivity index (χ0n) is 16.4. The van der Waals surface area contributed by atoms with Crippen LogP contribution in [-0.2, 0) is 0 Å². The van der Waals surface area contributed by atoms with E-state index in [9.17, 15) is 4.79 Å². The van der Waals surface area contributed by atoms with Crippen LogP contribution in [0, 0.1) is 0 Å². The van der Waals surface area contributed by atoms with Gasteiger partial charge in [-0.3, -0.25) is 14.8 Å². The van der Waals surface area contributed by atoms with Gasteiger partial charge in [0.05, 0.1) is 22.1 Å². The molecule has 0 radical (unpaired) electrons. The van der Waals surface area contributed by atoms with Gasteiger partial charge in [0, 0.05) is 41.8 Å². The Morgan fingerprint density at radius 2 is 1.37 bits per heavy atom. The van der Waals surface area contributed by atoms with Crippen molar-refractivity contribution in [3.05, 3.63) is 60.4 Å². The molecule has 0 unspecified atom stereocenters. The van der Waals surface area contributed by atoms with Crippen molar-refractivity contribution >= 4 is 49.8 Å². The average molecular weight is 393 g/mol. The molecule has 1 fully saturated rings. The second kappa shape index (κ2) is 6.69. The summed E-state index contributed by atoms with van der Waals surface area (Å²) in [6.07, 6.45) is 6.88. The number of nitrogens with zero attached hydrogens (tertiary/aromatic N) is 5. The molecule has 0 saturated carbocycles. The van der Waals surface area contributed by atoms with Gasteiger partial charge in [-0.15, -0.1) is 0 Å². The summed E-state index contributed by atoms with van der Waals surface area (Å²) in [5.41, 5.74) is 5.18. The van der Waals surface area contributed by atoms with Gasteiger partial charge in [-0.05, 0) is 49.6 Å². The number of benzene rings is 2. The summed E-state index contributed by atoms with van der Waals surface area (Å²) >= 11 is 0. The van der Waals surface area contributed by atoms with E-state index in [1.165, 1.54) is 6.42 Å². The van der Waals surface area contributed by atoms with Crippen molar-refractivity contribution < 1.29 is 4.79 Å². The van der Waals surface area contributed by atoms with Crippen molar-refractivity contribution in [2.24, 2.45) is 0 Å². The normalized spacial score (nSPS) is 14.7. The van der Waals surface area contributed by atoms with E-state index in [-0.39, 0.29) is 5.91 Å². The molecule has 6 nitrogen and oxygen atoms in total. The maximum absolute atomic E-state index is 12.9. The Kier molecular flexibility index (Phi) is 3.84. The number of hydrogen-bond acceptors (Lipinski definition) is 5. The summed E-state index contributed by atoms with van der Waals surface area (Å²) in [5.74, 6) is 0.0710. The van der Waals surface area contributed by atoms with Crippen molar-refractivity contribution in [2.75, 3.05) is 13.1 Å². The van der Waals surface area contributed by atoms with E-state index in [0.29, 0.717) is 16.6 Å². The first-order chi connectivity index (χ1) is 14.8. The molecule has 1 amide bonds. The van der Waals surface area contributed by atoms with Gasteiger partial charge in [0.1, 0.15) is 11.0 Å². The van der Waals surface area contributed by atoms with Crippen molar-refractivity contribution in [2.45, 2.75) is 19.3 Å². The number of carbonyl (C=O) groups excluding carboxylic acids is 1. The molecular weight excluding hydrogens is 374 g/mol. The fraction of sp³-hybridized carbons (Fsp3) is 0.208. The summed E-state index contributed by atoms with van der Waals surface area (Å²) in [6.45, 7) is 1.65. The number of rotatable bonds is 1. The molecule has 0 N–H and O–H groups in total. The maximum atomic E-state index is 12.9. The second-order valence-corrected chi connectivity index (χ2v) is 7.78. The molecule has 0 bridgehead atoms. The fourth-order valence-electron chi connectivity index (χ4n) is 4.42. The summed E-state index contributed by atoms with van der Waals surface area (Å²) < 4.78 is 0. The molecule has 0 spiro atoms. The third kappa shape index (κ3) is 2.60. The SMILES string of the molecule is O=C(c1ccc2nc3c4ncccc4c4cccnc4c3nc2c1)N1CCCCC1. The van der Waals surface area contributed by atoms with Gasteiger partial charge in [-0.2, -0.15) is 0 Å². The summed E-state index contributed by atoms with van der Waals surface area (Å²) in [5, 5.41) is 2.01. The van der Waals surface area contributed by atoms with E-state index >= 15 is 0 Å². The molecule has 0 aliphatic carbocycles. The van der Waals surface area contributed by atoms with Gasteiger partial charge in [0.15, 0.2) is 0 Å². The van der Waals surface area contributed by atoms with Crippen molar-refractivity contribution in [1.82, 2.24) is 24.8 Å². The van der Waals surface area contributed by atoms with Gasteiger partial charge < -0.3 is 4.90 Å². The van der Waals surface area contributed by atoms with Gasteiger partial charge in [0.2, 0.25) is 0 Å². The lowest BCUT2D eigenvalue weighted by atomic mass is 10.1. The molecule has 5 aromatic rings. The van der Waals surface area contributed by atoms with E-state index in [2.05, 4.69) is 9.97 Å². The van der Waals surface area contributed by atoms with Crippen LogP contribution < -0.4 is 0 Å². The zero-order valence-corrected chi connectivity index (χ0v) is 16.4. The Morgan fingerprint density at radius 3 is 2.03 bits per heavy atom. The van der Waals surface area contributed by atoms with Crippen molar-refractivity contribution in [1.29, 1.82) is 0 Å². The van der Waals surface area contributed by atoms with Crippen molar-refractivity contribution in [3.8, 4) is 0 Å². The minimum absolute atomic E-state index is 0.0710. The number of pyridine rings is 2. The lowest BCUT2D eigenvalue weighted by Crippen LogP contribution is -2.35. The Balaban J connectivity index is 1.60. The van der Waals surface area contributed by atoms with Crippen LogP contribution in [0.15, 0.2) is 54.9 Å². The van der Waals surface area contributed by atoms with Crippen molar-refractivity contribution in [3.63, 3.8) is 0 Å². The highest BCUT2D eigenvalue weighted by atomic mass is 16.2. The molecule has 1 aliphatic rings. The van der Waals surface area contributed by atoms with Crippen LogP contribution in [0.4, 0.5) is 0 Å². The first-order valence-electron chi connectivity index (χ1n) is 10.3. The topological polar surface area (TPSA) is 71.9 Å². The molecule has 30 heavy (non-hydrogen) atoms. The number of carbonyl (C=O) groups is 1. The third-order valence-electron chi connectivity index (χ3n) is 5.91. The number of amides is 1. The van der Waals surface area contributed by atoms with Gasteiger partial charge in [-0.1, -0.05) is 12.1 Å². The van der Waals surface area contributed by atoms with E-state index in [1.807, 2.05) is 47.4 Å². The van der Waals surface area contributed by atoms with Crippen LogP contribution in [0.25, 0.3) is 43.9 Å². The second-order valence-electron chi connectivity index (χ2n) is 7.78. The van der Waals surface area contributed by atoms with Crippen LogP contribution in [0.5, 0.6) is 0 Å². The Hall–Kier alpha value is -3.67. The van der Waals surface area contributed by atoms with E-state index in [0.717, 1.165) is 58.8 Å². The Labute approximate surface area is 172 Å². The lowest BCUT2D eigenvalue weighted by molar-refractivity contribution is 0.0724. The molecule has 1 aliphatic heterocycles. The fourth-order valence-corrected chi connectivity index (χ4v) is 4.42. The van der Waals surface area contributed by atoms with Crippen LogP contribution in [0.3, 0.4) is 0 Å². The van der Waals surface area contributed by atoms with Gasteiger partial charge >= 0.3 is 0 Å². The number of likely N-dealkylation sites (tertiary alicyclic amines) is 1. The highest BCUT2D eigenvalue weighted by Gasteiger charge is 2.19. The number of fused-ring (bicyclic) bond motifs is 7. The highest BCUT2D eigenvalue weighted by Crippen LogP contribution is 2.31. The molecule has 4 heterocycles. The highest BCUT2D eigenvalue weighted by molar-refractivity contribution is 6.21. The third-order valence-corrected chi connectivity index (χ3v) is 5.91.